The molecule has 1 aromatic heterocycles. The summed E-state index contributed by atoms with van der Waals surface area (Å²) in [5.74, 6) is 0. The molecule has 0 fully saturated rings. The van der Waals surface area contributed by atoms with E-state index in [0.717, 1.165) is 17.9 Å². The number of hydrogen-bond donors (Lipinski definition) is 0. The van der Waals surface area contributed by atoms with Gasteiger partial charge in [-0.15, -0.1) is 0 Å². The minimum absolute atomic E-state index is 0.778. The van der Waals surface area contributed by atoms with Gasteiger partial charge in [-0.3, -0.25) is 0 Å². The molecule has 0 unspecified atom stereocenters. The summed E-state index contributed by atoms with van der Waals surface area (Å²) in [7, 11) is 0. The molecule has 1 aliphatic rings. The first-order valence-electron chi connectivity index (χ1n) is 11.4. The zero-order valence-corrected chi connectivity index (χ0v) is 19.2. The maximum absolute atomic E-state index is 6.12. The van der Waals surface area contributed by atoms with Crippen LogP contribution in [-0.4, -0.2) is 4.57 Å². The standard InChI is InChI=1S/C28H20ClN.C2H6/c29-22-15-12-19(13-16-22)21-14-17-25-24-9-3-4-10-27(24)30(28(25)18-21)26-11-5-7-20-6-1-2-8-23(20)26;1-2/h1-13,15-16,18H,14,17H2;1-2H3. The van der Waals surface area contributed by atoms with Gasteiger partial charge >= 0.3 is 0 Å². The second-order valence-corrected chi connectivity index (χ2v) is 8.33. The SMILES string of the molecule is CC.Clc1ccc(C2=Cc3c(c4ccccc4n3-c3cccc4ccccc34)CC2)cc1. The molecule has 0 radical (unpaired) electrons. The number of rotatable bonds is 2. The van der Waals surface area contributed by atoms with Gasteiger partial charge in [0.05, 0.1) is 16.9 Å². The van der Waals surface area contributed by atoms with Gasteiger partial charge in [-0.05, 0) is 65.3 Å². The predicted octanol–water partition coefficient (Wildman–Crippen LogP) is 8.95. The Kier molecular flexibility index (Phi) is 5.59. The summed E-state index contributed by atoms with van der Waals surface area (Å²) in [6, 6.07) is 32.2. The number of benzene rings is 4. The Balaban J connectivity index is 0.00000105. The first kappa shape index (κ1) is 20.6. The molecular formula is C30H26ClN. The van der Waals surface area contributed by atoms with Gasteiger partial charge in [-0.2, -0.15) is 0 Å². The molecule has 0 saturated carbocycles. The lowest BCUT2D eigenvalue weighted by molar-refractivity contribution is 0.983. The van der Waals surface area contributed by atoms with Crippen molar-refractivity contribution in [2.75, 3.05) is 0 Å². The quantitative estimate of drug-likeness (QED) is 0.260. The van der Waals surface area contributed by atoms with E-state index in [1.807, 2.05) is 26.0 Å². The average molecular weight is 436 g/mol. The molecule has 0 bridgehead atoms. The smallest absolute Gasteiger partial charge is 0.0540 e. The maximum atomic E-state index is 6.12. The maximum Gasteiger partial charge on any atom is 0.0540 e. The molecule has 0 N–H and O–H groups in total. The summed E-state index contributed by atoms with van der Waals surface area (Å²) in [5, 5.41) is 4.67. The van der Waals surface area contributed by atoms with Crippen molar-refractivity contribution in [3.8, 4) is 5.69 Å². The average Bonchev–Trinajstić information content (AvgIpc) is 3.19. The van der Waals surface area contributed by atoms with E-state index >= 15 is 0 Å². The first-order valence-corrected chi connectivity index (χ1v) is 11.7. The second kappa shape index (κ2) is 8.68. The molecule has 0 atom stereocenters. The van der Waals surface area contributed by atoms with Gasteiger partial charge in [0.2, 0.25) is 0 Å². The normalized spacial score (nSPS) is 12.8. The Bertz CT molecular complexity index is 1430. The van der Waals surface area contributed by atoms with Crippen LogP contribution in [0.3, 0.4) is 0 Å². The lowest BCUT2D eigenvalue weighted by Crippen LogP contribution is -2.03. The van der Waals surface area contributed by atoms with Crippen molar-refractivity contribution >= 4 is 44.9 Å². The van der Waals surface area contributed by atoms with Crippen LogP contribution in [0.4, 0.5) is 0 Å². The fourth-order valence-electron chi connectivity index (χ4n) is 4.79. The summed E-state index contributed by atoms with van der Waals surface area (Å²) in [6.45, 7) is 4.00. The number of para-hydroxylation sites is 1. The van der Waals surface area contributed by atoms with E-state index in [0.29, 0.717) is 0 Å². The van der Waals surface area contributed by atoms with E-state index in [2.05, 4.69) is 89.5 Å². The number of fused-ring (bicyclic) bond motifs is 4. The molecule has 0 aliphatic heterocycles. The predicted molar refractivity (Wildman–Crippen MR) is 140 cm³/mol. The molecule has 0 spiro atoms. The minimum Gasteiger partial charge on any atom is -0.309 e. The van der Waals surface area contributed by atoms with Crippen LogP contribution in [0.1, 0.15) is 37.1 Å². The molecule has 0 amide bonds. The fraction of sp³-hybridized carbons (Fsp3) is 0.133. The Morgan fingerprint density at radius 2 is 1.38 bits per heavy atom. The second-order valence-electron chi connectivity index (χ2n) is 7.89. The lowest BCUT2D eigenvalue weighted by atomic mass is 9.91. The van der Waals surface area contributed by atoms with Gasteiger partial charge in [-0.25, -0.2) is 0 Å². The van der Waals surface area contributed by atoms with Crippen LogP contribution in [0.15, 0.2) is 91.0 Å². The van der Waals surface area contributed by atoms with E-state index in [9.17, 15) is 0 Å². The number of aromatic nitrogens is 1. The Morgan fingerprint density at radius 3 is 2.19 bits per heavy atom. The van der Waals surface area contributed by atoms with Crippen LogP contribution in [0, 0.1) is 0 Å². The zero-order valence-electron chi connectivity index (χ0n) is 18.5. The monoisotopic (exact) mass is 435 g/mol. The molecule has 6 rings (SSSR count). The molecule has 2 heteroatoms. The van der Waals surface area contributed by atoms with Gasteiger partial charge in [-0.1, -0.05) is 92.2 Å². The summed E-state index contributed by atoms with van der Waals surface area (Å²) in [5.41, 5.74) is 7.86. The van der Waals surface area contributed by atoms with Crippen LogP contribution in [0.5, 0.6) is 0 Å². The highest BCUT2D eigenvalue weighted by atomic mass is 35.5. The summed E-state index contributed by atoms with van der Waals surface area (Å²) in [4.78, 5) is 0. The van der Waals surface area contributed by atoms with Crippen LogP contribution in [0.25, 0.3) is 39.0 Å². The third-order valence-electron chi connectivity index (χ3n) is 6.20. The van der Waals surface area contributed by atoms with Crippen molar-refractivity contribution < 1.29 is 0 Å². The highest BCUT2D eigenvalue weighted by Gasteiger charge is 2.22. The van der Waals surface area contributed by atoms with Crippen LogP contribution >= 0.6 is 11.6 Å². The van der Waals surface area contributed by atoms with E-state index in [1.165, 1.54) is 49.8 Å². The molecule has 32 heavy (non-hydrogen) atoms. The minimum atomic E-state index is 0.778. The highest BCUT2D eigenvalue weighted by Crippen LogP contribution is 2.39. The van der Waals surface area contributed by atoms with Crippen LogP contribution in [-0.2, 0) is 6.42 Å². The molecular weight excluding hydrogens is 410 g/mol. The topological polar surface area (TPSA) is 4.93 Å². The lowest BCUT2D eigenvalue weighted by Gasteiger charge is -2.18. The zero-order chi connectivity index (χ0) is 22.1. The largest absolute Gasteiger partial charge is 0.309 e. The van der Waals surface area contributed by atoms with Crippen LogP contribution in [0.2, 0.25) is 5.02 Å². The molecule has 158 valence electrons. The third kappa shape index (κ3) is 3.43. The Labute approximate surface area is 194 Å². The number of halogens is 1. The molecule has 1 heterocycles. The van der Waals surface area contributed by atoms with Gasteiger partial charge in [0, 0.05) is 15.8 Å². The molecule has 5 aromatic rings. The van der Waals surface area contributed by atoms with Crippen molar-refractivity contribution in [3.63, 3.8) is 0 Å². The van der Waals surface area contributed by atoms with Crippen molar-refractivity contribution in [3.05, 3.63) is 113 Å². The molecule has 4 aromatic carbocycles. The molecule has 0 saturated heterocycles. The van der Waals surface area contributed by atoms with Gasteiger partial charge in [0.25, 0.3) is 0 Å². The number of hydrogen-bond acceptors (Lipinski definition) is 0. The third-order valence-corrected chi connectivity index (χ3v) is 6.45. The van der Waals surface area contributed by atoms with Gasteiger partial charge < -0.3 is 4.57 Å². The molecule has 1 aliphatic carbocycles. The Hall–Kier alpha value is -3.29. The number of allylic oxidation sites excluding steroid dienone is 1. The molecule has 1 nitrogen and oxygen atoms in total. The van der Waals surface area contributed by atoms with E-state index < -0.39 is 0 Å². The van der Waals surface area contributed by atoms with Crippen molar-refractivity contribution in [2.45, 2.75) is 26.7 Å². The van der Waals surface area contributed by atoms with E-state index in [4.69, 9.17) is 11.6 Å². The van der Waals surface area contributed by atoms with Gasteiger partial charge in [0.15, 0.2) is 0 Å². The highest BCUT2D eigenvalue weighted by molar-refractivity contribution is 6.30. The number of aryl methyl sites for hydroxylation is 1. The Morgan fingerprint density at radius 1 is 0.688 bits per heavy atom. The number of nitrogens with zero attached hydrogens (tertiary/aromatic N) is 1. The fourth-order valence-corrected chi connectivity index (χ4v) is 4.92. The summed E-state index contributed by atoms with van der Waals surface area (Å²) in [6.07, 6.45) is 4.46. The van der Waals surface area contributed by atoms with Crippen molar-refractivity contribution in [2.24, 2.45) is 0 Å². The summed E-state index contributed by atoms with van der Waals surface area (Å²) < 4.78 is 2.45. The summed E-state index contributed by atoms with van der Waals surface area (Å²) >= 11 is 6.12. The van der Waals surface area contributed by atoms with Crippen molar-refractivity contribution in [1.29, 1.82) is 0 Å². The van der Waals surface area contributed by atoms with Crippen molar-refractivity contribution in [1.82, 2.24) is 4.57 Å². The van der Waals surface area contributed by atoms with E-state index in [1.54, 1.807) is 0 Å². The van der Waals surface area contributed by atoms with Crippen LogP contribution < -0.4 is 0 Å². The van der Waals surface area contributed by atoms with Gasteiger partial charge in [0.1, 0.15) is 0 Å². The van der Waals surface area contributed by atoms with E-state index in [-0.39, 0.29) is 0 Å². The first-order chi connectivity index (χ1) is 15.8.